The van der Waals surface area contributed by atoms with Gasteiger partial charge in [0.25, 0.3) is 11.5 Å². The summed E-state index contributed by atoms with van der Waals surface area (Å²) in [6, 6.07) is 2.22. The Hall–Kier alpha value is -3.21. The number of aromatic nitrogens is 2. The standard InChI is InChI=1S/C20H24N4O6S/c21-20-23-13-5-2-10(9-12(13)17(27)24-20)1-3-11-4-7-15(31-11)18(28)22-14(19(29)30)6-8-16(25)26/h4,7,10,14H,1-3,5-6,8-9H2,(H,22,28)(H,25,26)(H,29,30)(H3,21,23,24,27). The molecule has 0 aromatic carbocycles. The Morgan fingerprint density at radius 1 is 1.32 bits per heavy atom. The number of rotatable bonds is 9. The van der Waals surface area contributed by atoms with Crippen LogP contribution >= 0.6 is 11.3 Å². The summed E-state index contributed by atoms with van der Waals surface area (Å²) in [6.45, 7) is 0. The summed E-state index contributed by atoms with van der Waals surface area (Å²) in [4.78, 5) is 54.5. The summed E-state index contributed by atoms with van der Waals surface area (Å²) in [5.41, 5.74) is 6.88. The Balaban J connectivity index is 1.55. The van der Waals surface area contributed by atoms with Crippen LogP contribution in [0.25, 0.3) is 0 Å². The topological polar surface area (TPSA) is 175 Å². The van der Waals surface area contributed by atoms with Crippen molar-refractivity contribution in [2.45, 2.75) is 51.0 Å². The molecule has 1 aliphatic rings. The highest BCUT2D eigenvalue weighted by Gasteiger charge is 2.24. The van der Waals surface area contributed by atoms with Crippen molar-refractivity contribution in [2.75, 3.05) is 5.73 Å². The van der Waals surface area contributed by atoms with Crippen LogP contribution < -0.4 is 16.6 Å². The van der Waals surface area contributed by atoms with E-state index in [1.54, 1.807) is 6.07 Å². The molecule has 0 spiro atoms. The van der Waals surface area contributed by atoms with E-state index in [0.29, 0.717) is 29.2 Å². The second-order valence-electron chi connectivity index (χ2n) is 7.59. The van der Waals surface area contributed by atoms with E-state index in [1.165, 1.54) is 11.3 Å². The number of aryl methyl sites for hydroxylation is 2. The molecule has 6 N–H and O–H groups in total. The molecule has 0 bridgehead atoms. The number of aromatic amines is 1. The molecule has 0 saturated carbocycles. The first-order valence-electron chi connectivity index (χ1n) is 9.94. The predicted octanol–water partition coefficient (Wildman–Crippen LogP) is 1.20. The third kappa shape index (κ3) is 5.91. The van der Waals surface area contributed by atoms with Crippen molar-refractivity contribution >= 4 is 35.1 Å². The monoisotopic (exact) mass is 448 g/mol. The molecule has 2 aromatic rings. The van der Waals surface area contributed by atoms with Crippen molar-refractivity contribution in [3.05, 3.63) is 43.5 Å². The first-order chi connectivity index (χ1) is 14.7. The molecule has 0 aliphatic heterocycles. The third-order valence-electron chi connectivity index (χ3n) is 5.34. The first-order valence-corrected chi connectivity index (χ1v) is 10.8. The lowest BCUT2D eigenvalue weighted by Gasteiger charge is -2.23. The summed E-state index contributed by atoms with van der Waals surface area (Å²) < 4.78 is 0. The molecule has 0 fully saturated rings. The maximum atomic E-state index is 12.4. The largest absolute Gasteiger partial charge is 0.481 e. The number of nitrogens with one attached hydrogen (secondary N) is 2. The molecule has 11 heteroatoms. The van der Waals surface area contributed by atoms with Gasteiger partial charge in [-0.25, -0.2) is 9.78 Å². The minimum atomic E-state index is -1.27. The first kappa shape index (κ1) is 22.5. The maximum Gasteiger partial charge on any atom is 0.326 e. The number of carboxylic acids is 2. The summed E-state index contributed by atoms with van der Waals surface area (Å²) in [5.74, 6) is -2.46. The van der Waals surface area contributed by atoms with Crippen molar-refractivity contribution in [1.82, 2.24) is 15.3 Å². The van der Waals surface area contributed by atoms with Gasteiger partial charge in [0.1, 0.15) is 6.04 Å². The van der Waals surface area contributed by atoms with E-state index in [2.05, 4.69) is 15.3 Å². The number of anilines is 1. The van der Waals surface area contributed by atoms with Crippen molar-refractivity contribution < 1.29 is 24.6 Å². The smallest absolute Gasteiger partial charge is 0.326 e. The fourth-order valence-corrected chi connectivity index (χ4v) is 4.62. The van der Waals surface area contributed by atoms with Crippen molar-refractivity contribution in [1.29, 1.82) is 0 Å². The number of carbonyl (C=O) groups is 3. The maximum absolute atomic E-state index is 12.4. The van der Waals surface area contributed by atoms with E-state index in [-0.39, 0.29) is 24.3 Å². The van der Waals surface area contributed by atoms with Gasteiger partial charge in [-0.1, -0.05) is 0 Å². The number of H-pyrrole nitrogens is 1. The molecule has 31 heavy (non-hydrogen) atoms. The Morgan fingerprint density at radius 2 is 2.10 bits per heavy atom. The van der Waals surface area contributed by atoms with Crippen LogP contribution in [0.1, 0.15) is 51.5 Å². The van der Waals surface area contributed by atoms with Gasteiger partial charge in [-0.2, -0.15) is 0 Å². The van der Waals surface area contributed by atoms with Crippen molar-refractivity contribution in [2.24, 2.45) is 5.92 Å². The molecule has 0 radical (unpaired) electrons. The number of carboxylic acid groups (broad SMARTS) is 2. The van der Waals surface area contributed by atoms with Gasteiger partial charge in [-0.15, -0.1) is 11.3 Å². The number of aliphatic carboxylic acids is 2. The number of carbonyl (C=O) groups excluding carboxylic acids is 1. The zero-order chi connectivity index (χ0) is 22.5. The fraction of sp³-hybridized carbons (Fsp3) is 0.450. The number of fused-ring (bicyclic) bond motifs is 1. The summed E-state index contributed by atoms with van der Waals surface area (Å²) in [5, 5.41) is 20.3. The fourth-order valence-electron chi connectivity index (χ4n) is 3.69. The second-order valence-corrected chi connectivity index (χ2v) is 8.75. The molecular weight excluding hydrogens is 424 g/mol. The Bertz CT molecular complexity index is 1050. The van der Waals surface area contributed by atoms with Crippen LogP contribution in [-0.2, 0) is 28.9 Å². The third-order valence-corrected chi connectivity index (χ3v) is 6.48. The molecule has 1 amide bonds. The van der Waals surface area contributed by atoms with Crippen LogP contribution in [0.3, 0.4) is 0 Å². The van der Waals surface area contributed by atoms with E-state index >= 15 is 0 Å². The second kappa shape index (κ2) is 9.73. The van der Waals surface area contributed by atoms with Crippen LogP contribution in [0.2, 0.25) is 0 Å². The number of nitrogens with two attached hydrogens (primary N) is 1. The number of hydrogen-bond acceptors (Lipinski definition) is 7. The minimum absolute atomic E-state index is 0.139. The van der Waals surface area contributed by atoms with Crippen LogP contribution in [0.5, 0.6) is 0 Å². The van der Waals surface area contributed by atoms with Crippen LogP contribution in [0, 0.1) is 5.92 Å². The number of amides is 1. The number of nitrogen functional groups attached to an aromatic ring is 1. The van der Waals surface area contributed by atoms with E-state index < -0.39 is 23.9 Å². The Labute approximate surface area is 181 Å². The number of thiophene rings is 1. The van der Waals surface area contributed by atoms with Gasteiger partial charge >= 0.3 is 11.9 Å². The predicted molar refractivity (Wildman–Crippen MR) is 113 cm³/mol. The Kier molecular flexibility index (Phi) is 7.06. The molecule has 1 aliphatic carbocycles. The SMILES string of the molecule is Nc1nc2c(c(=O)[nH]1)CC(CCc1ccc(C(=O)NC(CCC(=O)O)C(=O)O)s1)CC2. The molecule has 2 heterocycles. The average molecular weight is 449 g/mol. The van der Waals surface area contributed by atoms with Gasteiger partial charge in [0, 0.05) is 16.9 Å². The highest BCUT2D eigenvalue weighted by Crippen LogP contribution is 2.27. The summed E-state index contributed by atoms with van der Waals surface area (Å²) in [6.07, 6.45) is 3.31. The zero-order valence-corrected chi connectivity index (χ0v) is 17.5. The normalized spacial score (nSPS) is 16.3. The van der Waals surface area contributed by atoms with E-state index in [4.69, 9.17) is 10.8 Å². The zero-order valence-electron chi connectivity index (χ0n) is 16.7. The minimum Gasteiger partial charge on any atom is -0.481 e. The molecule has 3 rings (SSSR count). The Morgan fingerprint density at radius 3 is 2.81 bits per heavy atom. The quantitative estimate of drug-likeness (QED) is 0.380. The average Bonchev–Trinajstić information content (AvgIpc) is 3.18. The van der Waals surface area contributed by atoms with E-state index in [1.807, 2.05) is 6.07 Å². The van der Waals surface area contributed by atoms with Gasteiger partial charge in [-0.3, -0.25) is 19.4 Å². The summed E-state index contributed by atoms with van der Waals surface area (Å²) >= 11 is 1.28. The molecule has 10 nitrogen and oxygen atoms in total. The van der Waals surface area contributed by atoms with Crippen LogP contribution in [0.15, 0.2) is 16.9 Å². The van der Waals surface area contributed by atoms with E-state index in [0.717, 1.165) is 29.8 Å². The van der Waals surface area contributed by atoms with Gasteiger partial charge in [0.05, 0.1) is 10.6 Å². The molecule has 2 aromatic heterocycles. The van der Waals surface area contributed by atoms with Gasteiger partial charge < -0.3 is 21.3 Å². The highest BCUT2D eigenvalue weighted by atomic mass is 32.1. The molecule has 0 saturated heterocycles. The lowest BCUT2D eigenvalue weighted by Crippen LogP contribution is -2.40. The van der Waals surface area contributed by atoms with E-state index in [9.17, 15) is 24.3 Å². The lowest BCUT2D eigenvalue weighted by atomic mass is 9.84. The van der Waals surface area contributed by atoms with Gasteiger partial charge in [0.15, 0.2) is 0 Å². The van der Waals surface area contributed by atoms with Gasteiger partial charge in [-0.05, 0) is 56.6 Å². The number of hydrogen-bond donors (Lipinski definition) is 5. The molecule has 2 atom stereocenters. The highest BCUT2D eigenvalue weighted by molar-refractivity contribution is 7.14. The van der Waals surface area contributed by atoms with Crippen LogP contribution in [-0.4, -0.2) is 44.1 Å². The molecule has 2 unspecified atom stereocenters. The van der Waals surface area contributed by atoms with Crippen LogP contribution in [0.4, 0.5) is 5.95 Å². The van der Waals surface area contributed by atoms with Crippen molar-refractivity contribution in [3.63, 3.8) is 0 Å². The molecular formula is C20H24N4O6S. The number of nitrogens with zero attached hydrogens (tertiary/aromatic N) is 1. The van der Waals surface area contributed by atoms with Gasteiger partial charge in [0.2, 0.25) is 5.95 Å². The molecule has 166 valence electrons. The van der Waals surface area contributed by atoms with Crippen molar-refractivity contribution in [3.8, 4) is 0 Å². The lowest BCUT2D eigenvalue weighted by molar-refractivity contribution is -0.140. The summed E-state index contributed by atoms with van der Waals surface area (Å²) in [7, 11) is 0.